The minimum absolute atomic E-state index is 0.0215. The Balaban J connectivity index is 1.76. The Morgan fingerprint density at radius 1 is 1.41 bits per heavy atom. The first-order chi connectivity index (χ1) is 10.6. The van der Waals surface area contributed by atoms with Gasteiger partial charge in [0, 0.05) is 35.7 Å². The first-order valence-electron chi connectivity index (χ1n) is 7.13. The number of fused-ring (bicyclic) bond motifs is 1. The van der Waals surface area contributed by atoms with E-state index in [1.165, 1.54) is 0 Å². The molecular formula is C16H16BrClN2O2. The SMILES string of the molecule is COCC1CCC1C(=O)Nc1cc2cc(Br)c(Cl)cc2cn1. The van der Waals surface area contributed by atoms with Crippen LogP contribution in [0.15, 0.2) is 28.9 Å². The van der Waals surface area contributed by atoms with E-state index in [2.05, 4.69) is 26.2 Å². The maximum atomic E-state index is 12.3. The van der Waals surface area contributed by atoms with Crippen molar-refractivity contribution in [3.8, 4) is 0 Å². The van der Waals surface area contributed by atoms with Crippen LogP contribution in [0.5, 0.6) is 0 Å². The van der Waals surface area contributed by atoms with Crippen molar-refractivity contribution in [1.82, 2.24) is 4.98 Å². The predicted octanol–water partition coefficient (Wildman–Crippen LogP) is 4.26. The lowest BCUT2D eigenvalue weighted by atomic mass is 9.73. The van der Waals surface area contributed by atoms with Crippen LogP contribution in [0.4, 0.5) is 5.82 Å². The quantitative estimate of drug-likeness (QED) is 0.858. The van der Waals surface area contributed by atoms with Gasteiger partial charge >= 0.3 is 0 Å². The molecule has 3 rings (SSSR count). The van der Waals surface area contributed by atoms with Gasteiger partial charge in [0.2, 0.25) is 5.91 Å². The highest BCUT2D eigenvalue weighted by Crippen LogP contribution is 2.35. The zero-order valence-corrected chi connectivity index (χ0v) is 14.4. The third kappa shape index (κ3) is 3.12. The van der Waals surface area contributed by atoms with Crippen LogP contribution in [0.1, 0.15) is 12.8 Å². The van der Waals surface area contributed by atoms with Gasteiger partial charge in [-0.3, -0.25) is 4.79 Å². The molecule has 1 fully saturated rings. The number of amides is 1. The van der Waals surface area contributed by atoms with Crippen LogP contribution in [0.2, 0.25) is 5.02 Å². The molecule has 1 saturated carbocycles. The highest BCUT2D eigenvalue weighted by Gasteiger charge is 2.36. The van der Waals surface area contributed by atoms with Crippen LogP contribution in [-0.2, 0) is 9.53 Å². The molecule has 1 aliphatic rings. The zero-order valence-electron chi connectivity index (χ0n) is 12.1. The lowest BCUT2D eigenvalue weighted by Gasteiger charge is -2.34. The Morgan fingerprint density at radius 3 is 2.91 bits per heavy atom. The van der Waals surface area contributed by atoms with Gasteiger partial charge in [0.1, 0.15) is 5.82 Å². The molecule has 2 aromatic rings. The molecule has 0 bridgehead atoms. The van der Waals surface area contributed by atoms with E-state index in [4.69, 9.17) is 16.3 Å². The number of aromatic nitrogens is 1. The standard InChI is InChI=1S/C16H16BrClN2O2/c1-22-8-9-2-3-12(9)16(21)20-15-6-10-4-13(17)14(18)5-11(10)7-19-15/h4-7,9,12H,2-3,8H2,1H3,(H,19,20,21). The molecule has 0 spiro atoms. The average molecular weight is 384 g/mol. The summed E-state index contributed by atoms with van der Waals surface area (Å²) in [5.41, 5.74) is 0. The van der Waals surface area contributed by atoms with Crippen molar-refractivity contribution in [1.29, 1.82) is 0 Å². The zero-order chi connectivity index (χ0) is 15.7. The topological polar surface area (TPSA) is 51.2 Å². The van der Waals surface area contributed by atoms with Gasteiger partial charge in [0.25, 0.3) is 0 Å². The number of benzene rings is 1. The van der Waals surface area contributed by atoms with Crippen molar-refractivity contribution in [3.05, 3.63) is 33.9 Å². The van der Waals surface area contributed by atoms with Gasteiger partial charge in [-0.05, 0) is 58.3 Å². The fourth-order valence-electron chi connectivity index (χ4n) is 2.75. The molecule has 1 aromatic carbocycles. The minimum atomic E-state index is 0.0215. The third-order valence-corrected chi connectivity index (χ3v) is 5.34. The molecule has 4 nitrogen and oxygen atoms in total. The Kier molecular flexibility index (Phi) is 4.66. The molecule has 2 unspecified atom stereocenters. The summed E-state index contributed by atoms with van der Waals surface area (Å²) in [5.74, 6) is 0.927. The minimum Gasteiger partial charge on any atom is -0.384 e. The van der Waals surface area contributed by atoms with Crippen LogP contribution in [-0.4, -0.2) is 24.6 Å². The van der Waals surface area contributed by atoms with E-state index < -0.39 is 0 Å². The second-order valence-electron chi connectivity index (χ2n) is 5.57. The first kappa shape index (κ1) is 15.7. The van der Waals surface area contributed by atoms with Crippen molar-refractivity contribution in [3.63, 3.8) is 0 Å². The molecule has 1 aliphatic carbocycles. The maximum absolute atomic E-state index is 12.3. The second-order valence-corrected chi connectivity index (χ2v) is 6.83. The molecule has 1 heterocycles. The van der Waals surface area contributed by atoms with Crippen LogP contribution < -0.4 is 5.32 Å². The van der Waals surface area contributed by atoms with Gasteiger partial charge in [0.15, 0.2) is 0 Å². The Labute approximate surface area is 142 Å². The number of nitrogens with one attached hydrogen (secondary N) is 1. The highest BCUT2D eigenvalue weighted by atomic mass is 79.9. The van der Waals surface area contributed by atoms with E-state index in [0.717, 1.165) is 28.1 Å². The molecule has 6 heteroatoms. The fraction of sp³-hybridized carbons (Fsp3) is 0.375. The van der Waals surface area contributed by atoms with Crippen LogP contribution in [0.3, 0.4) is 0 Å². The van der Waals surface area contributed by atoms with Gasteiger partial charge in [0.05, 0.1) is 5.02 Å². The second kappa shape index (κ2) is 6.52. The highest BCUT2D eigenvalue weighted by molar-refractivity contribution is 9.10. The monoisotopic (exact) mass is 382 g/mol. The smallest absolute Gasteiger partial charge is 0.229 e. The van der Waals surface area contributed by atoms with E-state index >= 15 is 0 Å². The summed E-state index contributed by atoms with van der Waals surface area (Å²) < 4.78 is 5.97. The summed E-state index contributed by atoms with van der Waals surface area (Å²) in [5, 5.41) is 5.46. The molecular weight excluding hydrogens is 368 g/mol. The predicted molar refractivity (Wildman–Crippen MR) is 91.2 cm³/mol. The van der Waals surface area contributed by atoms with E-state index in [1.54, 1.807) is 13.3 Å². The van der Waals surface area contributed by atoms with E-state index in [0.29, 0.717) is 23.4 Å². The molecule has 1 aromatic heterocycles. The number of methoxy groups -OCH3 is 1. The number of anilines is 1. The summed E-state index contributed by atoms with van der Waals surface area (Å²) >= 11 is 9.48. The molecule has 1 amide bonds. The molecule has 0 saturated heterocycles. The van der Waals surface area contributed by atoms with Crippen molar-refractivity contribution >= 4 is 50.0 Å². The molecule has 0 aliphatic heterocycles. The molecule has 0 radical (unpaired) electrons. The van der Waals surface area contributed by atoms with Gasteiger partial charge in [-0.15, -0.1) is 0 Å². The van der Waals surface area contributed by atoms with Crippen molar-refractivity contribution < 1.29 is 9.53 Å². The Morgan fingerprint density at radius 2 is 2.23 bits per heavy atom. The fourth-order valence-corrected chi connectivity index (χ4v) is 3.29. The number of rotatable bonds is 4. The molecule has 116 valence electrons. The van der Waals surface area contributed by atoms with Gasteiger partial charge in [-0.2, -0.15) is 0 Å². The largest absolute Gasteiger partial charge is 0.384 e. The molecule has 22 heavy (non-hydrogen) atoms. The summed E-state index contributed by atoms with van der Waals surface area (Å²) in [7, 11) is 1.67. The number of hydrogen-bond acceptors (Lipinski definition) is 3. The van der Waals surface area contributed by atoms with E-state index in [1.807, 2.05) is 18.2 Å². The van der Waals surface area contributed by atoms with Crippen molar-refractivity contribution in [2.45, 2.75) is 12.8 Å². The molecule has 2 atom stereocenters. The lowest BCUT2D eigenvalue weighted by Crippen LogP contribution is -2.39. The lowest BCUT2D eigenvalue weighted by molar-refractivity contribution is -0.126. The third-order valence-electron chi connectivity index (χ3n) is 4.15. The number of carbonyl (C=O) groups is 1. The normalized spacial score (nSPS) is 20.7. The summed E-state index contributed by atoms with van der Waals surface area (Å²) in [4.78, 5) is 16.6. The number of carbonyl (C=O) groups excluding carboxylic acids is 1. The van der Waals surface area contributed by atoms with Gasteiger partial charge in [-0.1, -0.05) is 11.6 Å². The molecule has 1 N–H and O–H groups in total. The van der Waals surface area contributed by atoms with Crippen molar-refractivity contribution in [2.75, 3.05) is 19.0 Å². The van der Waals surface area contributed by atoms with E-state index in [-0.39, 0.29) is 11.8 Å². The van der Waals surface area contributed by atoms with Crippen LogP contribution >= 0.6 is 27.5 Å². The number of pyridine rings is 1. The van der Waals surface area contributed by atoms with Gasteiger partial charge in [-0.25, -0.2) is 4.98 Å². The first-order valence-corrected chi connectivity index (χ1v) is 8.30. The summed E-state index contributed by atoms with van der Waals surface area (Å²) in [6, 6.07) is 5.63. The Bertz CT molecular complexity index is 723. The van der Waals surface area contributed by atoms with Crippen LogP contribution in [0.25, 0.3) is 10.8 Å². The van der Waals surface area contributed by atoms with Crippen LogP contribution in [0, 0.1) is 11.8 Å². The average Bonchev–Trinajstić information content (AvgIpc) is 2.45. The Hall–Kier alpha value is -1.17. The van der Waals surface area contributed by atoms with Crippen molar-refractivity contribution in [2.24, 2.45) is 11.8 Å². The maximum Gasteiger partial charge on any atom is 0.229 e. The van der Waals surface area contributed by atoms with Gasteiger partial charge < -0.3 is 10.1 Å². The number of nitrogens with zero attached hydrogens (tertiary/aromatic N) is 1. The number of halogens is 2. The summed E-state index contributed by atoms with van der Waals surface area (Å²) in [6.07, 6.45) is 3.67. The number of hydrogen-bond donors (Lipinski definition) is 1. The van der Waals surface area contributed by atoms with E-state index in [9.17, 15) is 4.79 Å². The summed E-state index contributed by atoms with van der Waals surface area (Å²) in [6.45, 7) is 0.634. The number of ether oxygens (including phenoxy) is 1.